The van der Waals surface area contributed by atoms with E-state index in [0.717, 1.165) is 50.9 Å². The second-order valence-electron chi connectivity index (χ2n) is 7.25. The number of primary amides is 1. The molecule has 2 amide bonds. The van der Waals surface area contributed by atoms with Gasteiger partial charge in [-0.25, -0.2) is 0 Å². The van der Waals surface area contributed by atoms with Crippen molar-refractivity contribution >= 4 is 23.2 Å². The Morgan fingerprint density at radius 3 is 2.52 bits per heavy atom. The lowest BCUT2D eigenvalue weighted by Crippen LogP contribution is -2.31. The van der Waals surface area contributed by atoms with Gasteiger partial charge in [0.25, 0.3) is 0 Å². The largest absolute Gasteiger partial charge is 0.370 e. The number of carbonyl (C=O) groups is 2. The molecule has 1 saturated heterocycles. The molecule has 0 radical (unpaired) electrons. The van der Waals surface area contributed by atoms with E-state index < -0.39 is 5.91 Å². The van der Waals surface area contributed by atoms with E-state index >= 15 is 0 Å². The van der Waals surface area contributed by atoms with E-state index in [1.54, 1.807) is 12.1 Å². The van der Waals surface area contributed by atoms with Gasteiger partial charge in [0, 0.05) is 31.1 Å². The van der Waals surface area contributed by atoms with Crippen LogP contribution in [0.4, 0.5) is 11.4 Å². The molecule has 1 aliphatic carbocycles. The van der Waals surface area contributed by atoms with Gasteiger partial charge in [-0.05, 0) is 56.2 Å². The van der Waals surface area contributed by atoms with E-state index in [4.69, 9.17) is 11.5 Å². The SMILES string of the molecule is NC(=O)c1ccc(N2CCCCC2)c(NC(=O)C[C@@H]2CCC[C@H]2N)c1. The lowest BCUT2D eigenvalue weighted by atomic mass is 9.99. The molecule has 6 nitrogen and oxygen atoms in total. The summed E-state index contributed by atoms with van der Waals surface area (Å²) in [6.07, 6.45) is 7.04. The first-order valence-corrected chi connectivity index (χ1v) is 9.29. The highest BCUT2D eigenvalue weighted by atomic mass is 16.2. The summed E-state index contributed by atoms with van der Waals surface area (Å²) in [7, 11) is 0. The van der Waals surface area contributed by atoms with Crippen molar-refractivity contribution in [1.29, 1.82) is 0 Å². The number of rotatable bonds is 5. The maximum atomic E-state index is 12.5. The van der Waals surface area contributed by atoms with Crippen LogP contribution < -0.4 is 21.7 Å². The first-order chi connectivity index (χ1) is 12.0. The first-order valence-electron chi connectivity index (χ1n) is 9.29. The quantitative estimate of drug-likeness (QED) is 0.762. The van der Waals surface area contributed by atoms with E-state index in [2.05, 4.69) is 10.2 Å². The fraction of sp³-hybridized carbons (Fsp3) is 0.579. The summed E-state index contributed by atoms with van der Waals surface area (Å²) in [4.78, 5) is 26.3. The fourth-order valence-electron chi connectivity index (χ4n) is 3.96. The second-order valence-corrected chi connectivity index (χ2v) is 7.25. The Hall–Kier alpha value is -2.08. The Kier molecular flexibility index (Phi) is 5.58. The van der Waals surface area contributed by atoms with Crippen LogP contribution in [0, 0.1) is 5.92 Å². The van der Waals surface area contributed by atoms with Crippen molar-refractivity contribution in [2.45, 2.75) is 51.0 Å². The zero-order valence-electron chi connectivity index (χ0n) is 14.7. The average molecular weight is 344 g/mol. The summed E-state index contributed by atoms with van der Waals surface area (Å²) < 4.78 is 0. The molecule has 25 heavy (non-hydrogen) atoms. The number of nitrogens with two attached hydrogens (primary N) is 2. The topological polar surface area (TPSA) is 101 Å². The van der Waals surface area contributed by atoms with Crippen LogP contribution in [0.15, 0.2) is 18.2 Å². The molecular weight excluding hydrogens is 316 g/mol. The van der Waals surface area contributed by atoms with Crippen molar-refractivity contribution in [2.24, 2.45) is 17.4 Å². The Morgan fingerprint density at radius 1 is 1.12 bits per heavy atom. The molecule has 1 aliphatic heterocycles. The molecule has 2 fully saturated rings. The molecule has 0 spiro atoms. The number of anilines is 2. The summed E-state index contributed by atoms with van der Waals surface area (Å²) >= 11 is 0. The van der Waals surface area contributed by atoms with E-state index in [1.165, 1.54) is 6.42 Å². The zero-order chi connectivity index (χ0) is 17.8. The van der Waals surface area contributed by atoms with Gasteiger partial charge in [-0.2, -0.15) is 0 Å². The minimum absolute atomic E-state index is 0.0396. The van der Waals surface area contributed by atoms with Crippen LogP contribution in [0.3, 0.4) is 0 Å². The number of amides is 2. The molecule has 0 bridgehead atoms. The van der Waals surface area contributed by atoms with Crippen molar-refractivity contribution in [3.8, 4) is 0 Å². The van der Waals surface area contributed by atoms with Crippen molar-refractivity contribution in [2.75, 3.05) is 23.3 Å². The summed E-state index contributed by atoms with van der Waals surface area (Å²) in [5, 5.41) is 3.01. The third kappa shape index (κ3) is 4.31. The lowest BCUT2D eigenvalue weighted by molar-refractivity contribution is -0.117. The van der Waals surface area contributed by atoms with Crippen LogP contribution in [-0.4, -0.2) is 30.9 Å². The maximum absolute atomic E-state index is 12.5. The summed E-state index contributed by atoms with van der Waals surface area (Å²) in [6.45, 7) is 1.93. The van der Waals surface area contributed by atoms with E-state index in [0.29, 0.717) is 17.7 Å². The number of carbonyl (C=O) groups excluding carboxylic acids is 2. The monoisotopic (exact) mass is 344 g/mol. The van der Waals surface area contributed by atoms with Gasteiger partial charge in [-0.15, -0.1) is 0 Å². The first kappa shape index (κ1) is 17.7. The predicted molar refractivity (Wildman–Crippen MR) is 99.6 cm³/mol. The number of piperidine rings is 1. The normalized spacial score (nSPS) is 23.5. The fourth-order valence-corrected chi connectivity index (χ4v) is 3.96. The van der Waals surface area contributed by atoms with Gasteiger partial charge in [0.1, 0.15) is 0 Å². The molecule has 1 saturated carbocycles. The Morgan fingerprint density at radius 2 is 1.88 bits per heavy atom. The molecule has 136 valence electrons. The third-order valence-electron chi connectivity index (χ3n) is 5.42. The second kappa shape index (κ2) is 7.87. The van der Waals surface area contributed by atoms with Crippen molar-refractivity contribution in [3.05, 3.63) is 23.8 Å². The summed E-state index contributed by atoms with van der Waals surface area (Å²) in [5.74, 6) is -0.279. The zero-order valence-corrected chi connectivity index (χ0v) is 14.7. The Bertz CT molecular complexity index is 640. The smallest absolute Gasteiger partial charge is 0.248 e. The Labute approximate surface area is 148 Å². The van der Waals surface area contributed by atoms with E-state index in [9.17, 15) is 9.59 Å². The molecule has 6 heteroatoms. The van der Waals surface area contributed by atoms with Crippen LogP contribution in [0.1, 0.15) is 55.3 Å². The van der Waals surface area contributed by atoms with Crippen LogP contribution >= 0.6 is 0 Å². The predicted octanol–water partition coefficient (Wildman–Crippen LogP) is 2.23. The maximum Gasteiger partial charge on any atom is 0.248 e. The van der Waals surface area contributed by atoms with Crippen molar-refractivity contribution in [3.63, 3.8) is 0 Å². The minimum atomic E-state index is -0.487. The van der Waals surface area contributed by atoms with Crippen LogP contribution in [0.2, 0.25) is 0 Å². The van der Waals surface area contributed by atoms with Crippen LogP contribution in [-0.2, 0) is 4.79 Å². The van der Waals surface area contributed by atoms with E-state index in [1.807, 2.05) is 6.07 Å². The third-order valence-corrected chi connectivity index (χ3v) is 5.42. The lowest BCUT2D eigenvalue weighted by Gasteiger charge is -2.31. The minimum Gasteiger partial charge on any atom is -0.370 e. The van der Waals surface area contributed by atoms with Crippen molar-refractivity contribution < 1.29 is 9.59 Å². The number of nitrogens with zero attached hydrogens (tertiary/aromatic N) is 1. The molecule has 5 N–H and O–H groups in total. The highest BCUT2D eigenvalue weighted by Gasteiger charge is 2.26. The van der Waals surface area contributed by atoms with Crippen molar-refractivity contribution in [1.82, 2.24) is 0 Å². The molecule has 1 aromatic carbocycles. The van der Waals surface area contributed by atoms with Crippen LogP contribution in [0.5, 0.6) is 0 Å². The molecule has 1 aromatic rings. The molecule has 2 atom stereocenters. The average Bonchev–Trinajstić information content (AvgIpc) is 3.00. The number of hydrogen-bond acceptors (Lipinski definition) is 4. The van der Waals surface area contributed by atoms with E-state index in [-0.39, 0.29) is 17.9 Å². The molecule has 1 heterocycles. The summed E-state index contributed by atoms with van der Waals surface area (Å²) in [6, 6.07) is 5.43. The van der Waals surface area contributed by atoms with Gasteiger partial charge in [0.05, 0.1) is 11.4 Å². The molecule has 2 aliphatic rings. The molecular formula is C19H28N4O2. The number of nitrogens with one attached hydrogen (secondary N) is 1. The van der Waals surface area contributed by atoms with Gasteiger partial charge in [-0.1, -0.05) is 6.42 Å². The van der Waals surface area contributed by atoms with Gasteiger partial charge < -0.3 is 21.7 Å². The summed E-state index contributed by atoms with van der Waals surface area (Å²) in [5.41, 5.74) is 13.5. The van der Waals surface area contributed by atoms with Crippen LogP contribution in [0.25, 0.3) is 0 Å². The van der Waals surface area contributed by atoms with Gasteiger partial charge in [-0.3, -0.25) is 9.59 Å². The van der Waals surface area contributed by atoms with Gasteiger partial charge >= 0.3 is 0 Å². The highest BCUT2D eigenvalue weighted by Crippen LogP contribution is 2.31. The molecule has 3 rings (SSSR count). The standard InChI is InChI=1S/C19H28N4O2/c20-15-6-4-5-13(15)12-18(24)22-16-11-14(19(21)25)7-8-17(16)23-9-2-1-3-10-23/h7-8,11,13,15H,1-6,9-10,12,20H2,(H2,21,25)(H,22,24)/t13-,15+/m0/s1. The molecule has 0 unspecified atom stereocenters. The highest BCUT2D eigenvalue weighted by molar-refractivity contribution is 5.99. The number of benzene rings is 1. The van der Waals surface area contributed by atoms with Gasteiger partial charge in [0.2, 0.25) is 11.8 Å². The molecule has 0 aromatic heterocycles. The number of hydrogen-bond donors (Lipinski definition) is 3. The van der Waals surface area contributed by atoms with Gasteiger partial charge in [0.15, 0.2) is 0 Å². The Balaban J connectivity index is 1.77.